The van der Waals surface area contributed by atoms with Crippen molar-refractivity contribution in [2.24, 2.45) is 5.92 Å². The molecule has 4 rings (SSSR count). The molecule has 146 valence electrons. The van der Waals surface area contributed by atoms with Crippen molar-refractivity contribution in [2.75, 3.05) is 12.3 Å². The van der Waals surface area contributed by atoms with Gasteiger partial charge in [-0.2, -0.15) is 4.31 Å². The molecular weight excluding hydrogens is 358 g/mol. The van der Waals surface area contributed by atoms with Crippen LogP contribution in [0, 0.1) is 5.92 Å². The maximum absolute atomic E-state index is 12.9. The van der Waals surface area contributed by atoms with E-state index in [0.717, 1.165) is 37.9 Å². The first-order valence-electron chi connectivity index (χ1n) is 10.2. The van der Waals surface area contributed by atoms with Gasteiger partial charge in [0.25, 0.3) is 0 Å². The number of fused-ring (bicyclic) bond motifs is 1. The maximum atomic E-state index is 12.9. The summed E-state index contributed by atoms with van der Waals surface area (Å²) in [6, 6.07) is 10.4. The Morgan fingerprint density at radius 1 is 1.07 bits per heavy atom. The van der Waals surface area contributed by atoms with Crippen LogP contribution in [0.2, 0.25) is 0 Å². The molecule has 1 saturated carbocycles. The highest BCUT2D eigenvalue weighted by Gasteiger charge is 2.31. The highest BCUT2D eigenvalue weighted by Crippen LogP contribution is 2.28. The number of imidazole rings is 1. The monoisotopic (exact) mass is 387 g/mol. The minimum atomic E-state index is -3.19. The Bertz CT molecular complexity index is 855. The van der Waals surface area contributed by atoms with Gasteiger partial charge in [-0.05, 0) is 30.7 Å². The van der Waals surface area contributed by atoms with Crippen LogP contribution in [0.15, 0.2) is 36.7 Å². The van der Waals surface area contributed by atoms with Gasteiger partial charge in [-0.3, -0.25) is 0 Å². The average Bonchev–Trinajstić information content (AvgIpc) is 3.10. The molecule has 27 heavy (non-hydrogen) atoms. The van der Waals surface area contributed by atoms with Crippen molar-refractivity contribution in [3.63, 3.8) is 0 Å². The standard InChI is InChI=1S/C21H29N3O2S/c25-27(26,16-19-9-5-2-6-10-19)24-14-12-21-20(15-24)22-17-23(21)13-11-18-7-3-1-4-8-18/h1,3-4,7-8,17,19H,2,5-6,9-16H2. The van der Waals surface area contributed by atoms with Crippen LogP contribution in [0.3, 0.4) is 0 Å². The first-order chi connectivity index (χ1) is 13.1. The SMILES string of the molecule is O=S(=O)(CC1CCCCC1)N1CCc2c(ncn2CCc2ccccc2)C1. The van der Waals surface area contributed by atoms with Gasteiger partial charge < -0.3 is 4.57 Å². The number of sulfonamides is 1. The number of aromatic nitrogens is 2. The van der Waals surface area contributed by atoms with Crippen LogP contribution in [0.4, 0.5) is 0 Å². The van der Waals surface area contributed by atoms with Crippen LogP contribution in [-0.4, -0.2) is 34.6 Å². The number of nitrogens with zero attached hydrogens (tertiary/aromatic N) is 3. The van der Waals surface area contributed by atoms with E-state index in [1.807, 2.05) is 12.4 Å². The molecule has 0 spiro atoms. The molecule has 2 aromatic rings. The molecule has 0 unspecified atom stereocenters. The van der Waals surface area contributed by atoms with Crippen molar-refractivity contribution < 1.29 is 8.42 Å². The molecule has 0 atom stereocenters. The quantitative estimate of drug-likeness (QED) is 0.763. The van der Waals surface area contributed by atoms with Gasteiger partial charge in [-0.15, -0.1) is 0 Å². The summed E-state index contributed by atoms with van der Waals surface area (Å²) in [5.41, 5.74) is 3.45. The van der Waals surface area contributed by atoms with E-state index < -0.39 is 10.0 Å². The molecule has 0 N–H and O–H groups in total. The first kappa shape index (κ1) is 18.7. The molecule has 1 aliphatic heterocycles. The molecule has 0 radical (unpaired) electrons. The van der Waals surface area contributed by atoms with E-state index in [1.54, 1.807) is 4.31 Å². The minimum absolute atomic E-state index is 0.317. The Morgan fingerprint density at radius 2 is 1.85 bits per heavy atom. The molecule has 5 nitrogen and oxygen atoms in total. The second-order valence-electron chi connectivity index (χ2n) is 7.93. The molecule has 2 aliphatic rings. The van der Waals surface area contributed by atoms with Gasteiger partial charge in [-0.1, -0.05) is 49.6 Å². The van der Waals surface area contributed by atoms with Gasteiger partial charge in [0, 0.05) is 25.2 Å². The summed E-state index contributed by atoms with van der Waals surface area (Å²) in [4.78, 5) is 4.54. The van der Waals surface area contributed by atoms with Crippen molar-refractivity contribution in [3.05, 3.63) is 53.6 Å². The molecule has 1 aromatic carbocycles. The highest BCUT2D eigenvalue weighted by molar-refractivity contribution is 7.89. The van der Waals surface area contributed by atoms with Crippen LogP contribution in [0.25, 0.3) is 0 Å². The zero-order chi connectivity index (χ0) is 18.7. The van der Waals surface area contributed by atoms with Gasteiger partial charge in [0.05, 0.1) is 24.3 Å². The van der Waals surface area contributed by atoms with Crippen molar-refractivity contribution in [3.8, 4) is 0 Å². The first-order valence-corrected chi connectivity index (χ1v) is 11.8. The van der Waals surface area contributed by atoms with Gasteiger partial charge in [0.1, 0.15) is 0 Å². The van der Waals surface area contributed by atoms with E-state index in [2.05, 4.69) is 33.8 Å². The van der Waals surface area contributed by atoms with E-state index in [4.69, 9.17) is 0 Å². The van der Waals surface area contributed by atoms with Crippen molar-refractivity contribution >= 4 is 10.0 Å². The van der Waals surface area contributed by atoms with Gasteiger partial charge in [0.15, 0.2) is 0 Å². The fourth-order valence-corrected chi connectivity index (χ4v) is 6.26. The van der Waals surface area contributed by atoms with Crippen LogP contribution in [0.5, 0.6) is 0 Å². The molecule has 6 heteroatoms. The molecule has 1 fully saturated rings. The van der Waals surface area contributed by atoms with Gasteiger partial charge in [0.2, 0.25) is 10.0 Å². The smallest absolute Gasteiger partial charge is 0.214 e. The Morgan fingerprint density at radius 3 is 2.63 bits per heavy atom. The maximum Gasteiger partial charge on any atom is 0.214 e. The molecule has 0 amide bonds. The zero-order valence-corrected chi connectivity index (χ0v) is 16.7. The predicted molar refractivity (Wildman–Crippen MR) is 107 cm³/mol. The minimum Gasteiger partial charge on any atom is -0.334 e. The Labute approximate surface area is 162 Å². The topological polar surface area (TPSA) is 55.2 Å². The lowest BCUT2D eigenvalue weighted by Gasteiger charge is -2.29. The third-order valence-electron chi connectivity index (χ3n) is 6.01. The summed E-state index contributed by atoms with van der Waals surface area (Å²) in [7, 11) is -3.19. The lowest BCUT2D eigenvalue weighted by Crippen LogP contribution is -2.39. The lowest BCUT2D eigenvalue weighted by molar-refractivity contribution is 0.353. The summed E-state index contributed by atoms with van der Waals surface area (Å²) in [5, 5.41) is 0. The second-order valence-corrected chi connectivity index (χ2v) is 9.95. The van der Waals surface area contributed by atoms with E-state index in [0.29, 0.717) is 24.8 Å². The second kappa shape index (κ2) is 8.15. The molecular formula is C21H29N3O2S. The Hall–Kier alpha value is -1.66. The number of hydrogen-bond donors (Lipinski definition) is 0. The summed E-state index contributed by atoms with van der Waals surface area (Å²) in [5.74, 6) is 0.658. The number of benzene rings is 1. The highest BCUT2D eigenvalue weighted by atomic mass is 32.2. The lowest BCUT2D eigenvalue weighted by atomic mass is 9.91. The number of aryl methyl sites for hydroxylation is 2. The summed E-state index contributed by atoms with van der Waals surface area (Å²) in [6.07, 6.45) is 9.33. The summed E-state index contributed by atoms with van der Waals surface area (Å²) >= 11 is 0. The Kier molecular flexibility index (Phi) is 5.64. The zero-order valence-electron chi connectivity index (χ0n) is 15.9. The van der Waals surface area contributed by atoms with Crippen molar-refractivity contribution in [2.45, 2.75) is 58.0 Å². The van der Waals surface area contributed by atoms with Crippen LogP contribution < -0.4 is 0 Å². The van der Waals surface area contributed by atoms with E-state index in [9.17, 15) is 8.42 Å². The third kappa shape index (κ3) is 4.43. The van der Waals surface area contributed by atoms with Crippen LogP contribution in [-0.2, 0) is 36.0 Å². The van der Waals surface area contributed by atoms with Crippen molar-refractivity contribution in [1.29, 1.82) is 0 Å². The largest absolute Gasteiger partial charge is 0.334 e. The van der Waals surface area contributed by atoms with E-state index in [-0.39, 0.29) is 0 Å². The molecule has 0 bridgehead atoms. The van der Waals surface area contributed by atoms with Gasteiger partial charge >= 0.3 is 0 Å². The molecule has 1 aliphatic carbocycles. The van der Waals surface area contributed by atoms with Crippen molar-refractivity contribution in [1.82, 2.24) is 13.9 Å². The van der Waals surface area contributed by atoms with Crippen LogP contribution in [0.1, 0.15) is 49.1 Å². The summed E-state index contributed by atoms with van der Waals surface area (Å²) in [6.45, 7) is 1.91. The third-order valence-corrected chi connectivity index (χ3v) is 8.00. The fourth-order valence-electron chi connectivity index (χ4n) is 4.43. The fraction of sp³-hybridized carbons (Fsp3) is 0.571. The summed E-state index contributed by atoms with van der Waals surface area (Å²) < 4.78 is 29.6. The molecule has 0 saturated heterocycles. The normalized spacial score (nSPS) is 19.1. The van der Waals surface area contributed by atoms with E-state index >= 15 is 0 Å². The van der Waals surface area contributed by atoms with E-state index in [1.165, 1.54) is 30.5 Å². The molecule has 1 aromatic heterocycles. The molecule has 2 heterocycles. The number of hydrogen-bond acceptors (Lipinski definition) is 3. The van der Waals surface area contributed by atoms with Gasteiger partial charge in [-0.25, -0.2) is 13.4 Å². The van der Waals surface area contributed by atoms with Crippen LogP contribution >= 0.6 is 0 Å². The average molecular weight is 388 g/mol. The predicted octanol–water partition coefficient (Wildman–Crippen LogP) is 3.39. The Balaban J connectivity index is 1.39. The number of rotatable bonds is 6.